The molecule has 86 valence electrons. The van der Waals surface area contributed by atoms with Gasteiger partial charge in [0.2, 0.25) is 0 Å². The summed E-state index contributed by atoms with van der Waals surface area (Å²) in [5.74, 6) is 0.159. The Morgan fingerprint density at radius 3 is 2.82 bits per heavy atom. The van der Waals surface area contributed by atoms with Gasteiger partial charge in [0.1, 0.15) is 17.4 Å². The molecule has 0 radical (unpaired) electrons. The van der Waals surface area contributed by atoms with Crippen LogP contribution in [0.25, 0.3) is 16.6 Å². The molecule has 0 bridgehead atoms. The Morgan fingerprint density at radius 2 is 2.24 bits per heavy atom. The molecule has 1 unspecified atom stereocenters. The fourth-order valence-electron chi connectivity index (χ4n) is 1.50. The molecular formula is C12H10ClN3O. The predicted octanol–water partition coefficient (Wildman–Crippen LogP) is 2.98. The lowest BCUT2D eigenvalue weighted by Gasteiger charge is -2.02. The van der Waals surface area contributed by atoms with Gasteiger partial charge < -0.3 is 10.1 Å². The molecule has 2 N–H and O–H groups in total. The highest BCUT2D eigenvalue weighted by atomic mass is 35.5. The van der Waals surface area contributed by atoms with Crippen LogP contribution in [0.4, 0.5) is 0 Å². The van der Waals surface area contributed by atoms with Crippen LogP contribution < -0.4 is 0 Å². The minimum Gasteiger partial charge on any atom is -0.509 e. The van der Waals surface area contributed by atoms with Gasteiger partial charge in [-0.3, -0.25) is 0 Å². The number of H-pyrrole nitrogens is 1. The zero-order chi connectivity index (χ0) is 12.4. The number of aliphatic hydroxyl groups is 1. The van der Waals surface area contributed by atoms with E-state index in [1.54, 1.807) is 6.92 Å². The molecule has 2 aromatic rings. The molecule has 0 amide bonds. The molecule has 1 heterocycles. The molecule has 0 aliphatic carbocycles. The molecule has 2 rings (SSSR count). The van der Waals surface area contributed by atoms with Crippen LogP contribution in [0, 0.1) is 11.3 Å². The van der Waals surface area contributed by atoms with Crippen LogP contribution in [0.2, 0.25) is 0 Å². The lowest BCUT2D eigenvalue weighted by atomic mass is 10.2. The molecule has 0 aliphatic heterocycles. The summed E-state index contributed by atoms with van der Waals surface area (Å²) in [6, 6.07) is 9.31. The summed E-state index contributed by atoms with van der Waals surface area (Å²) in [5, 5.41) is 18.1. The molecule has 0 saturated heterocycles. The maximum absolute atomic E-state index is 9.73. The standard InChI is InChI=1S/C12H10ClN3O/c1-7(13)11(17)8(6-14)12-15-9-4-2-3-5-10(9)16-12/h2-5,7,17H,1H3,(H,15,16)/b11-8-. The summed E-state index contributed by atoms with van der Waals surface area (Å²) in [6.07, 6.45) is 0. The van der Waals surface area contributed by atoms with Crippen molar-refractivity contribution in [1.82, 2.24) is 9.97 Å². The number of hydrogen-bond donors (Lipinski definition) is 2. The summed E-state index contributed by atoms with van der Waals surface area (Å²) < 4.78 is 0. The zero-order valence-electron chi connectivity index (χ0n) is 9.11. The number of halogens is 1. The van der Waals surface area contributed by atoms with Crippen molar-refractivity contribution >= 4 is 28.2 Å². The van der Waals surface area contributed by atoms with Crippen molar-refractivity contribution in [3.63, 3.8) is 0 Å². The maximum Gasteiger partial charge on any atom is 0.152 e. The van der Waals surface area contributed by atoms with Gasteiger partial charge in [-0.05, 0) is 19.1 Å². The molecule has 0 spiro atoms. The average Bonchev–Trinajstić information content (AvgIpc) is 2.72. The molecule has 4 nitrogen and oxygen atoms in total. The number of nitrogens with zero attached hydrogens (tertiary/aromatic N) is 2. The van der Waals surface area contributed by atoms with E-state index in [0.717, 1.165) is 11.0 Å². The number of para-hydroxylation sites is 2. The highest BCUT2D eigenvalue weighted by molar-refractivity contribution is 6.22. The number of fused-ring (bicyclic) bond motifs is 1. The van der Waals surface area contributed by atoms with Gasteiger partial charge >= 0.3 is 0 Å². The Kier molecular flexibility index (Phi) is 3.03. The van der Waals surface area contributed by atoms with Gasteiger partial charge in [0.25, 0.3) is 0 Å². The van der Waals surface area contributed by atoms with E-state index in [9.17, 15) is 5.11 Å². The molecular weight excluding hydrogens is 238 g/mol. The Balaban J connectivity index is 2.60. The van der Waals surface area contributed by atoms with Gasteiger partial charge in [-0.15, -0.1) is 11.6 Å². The topological polar surface area (TPSA) is 72.7 Å². The van der Waals surface area contributed by atoms with Crippen LogP contribution in [0.3, 0.4) is 0 Å². The van der Waals surface area contributed by atoms with Crippen molar-refractivity contribution < 1.29 is 5.11 Å². The van der Waals surface area contributed by atoms with Gasteiger partial charge in [-0.25, -0.2) is 4.98 Å². The van der Waals surface area contributed by atoms with E-state index in [-0.39, 0.29) is 11.3 Å². The third-order valence-corrected chi connectivity index (χ3v) is 2.58. The summed E-state index contributed by atoms with van der Waals surface area (Å²) in [7, 11) is 0. The highest BCUT2D eigenvalue weighted by Gasteiger charge is 2.16. The summed E-state index contributed by atoms with van der Waals surface area (Å²) in [4.78, 5) is 7.21. The molecule has 5 heteroatoms. The summed E-state index contributed by atoms with van der Waals surface area (Å²) >= 11 is 5.75. The van der Waals surface area contributed by atoms with Crippen LogP contribution in [0.5, 0.6) is 0 Å². The monoisotopic (exact) mass is 247 g/mol. The third-order valence-electron chi connectivity index (χ3n) is 2.37. The van der Waals surface area contributed by atoms with Gasteiger partial charge in [-0.2, -0.15) is 5.26 Å². The fraction of sp³-hybridized carbons (Fsp3) is 0.167. The van der Waals surface area contributed by atoms with E-state index in [0.29, 0.717) is 5.82 Å². The fourth-order valence-corrected chi connectivity index (χ4v) is 1.61. The molecule has 1 aromatic carbocycles. The van der Waals surface area contributed by atoms with Crippen molar-refractivity contribution in [2.24, 2.45) is 0 Å². The van der Waals surface area contributed by atoms with Crippen LogP contribution in [-0.2, 0) is 0 Å². The predicted molar refractivity (Wildman–Crippen MR) is 66.6 cm³/mol. The number of aromatic amines is 1. The van der Waals surface area contributed by atoms with E-state index in [1.165, 1.54) is 0 Å². The number of aromatic nitrogens is 2. The van der Waals surface area contributed by atoms with Crippen molar-refractivity contribution in [1.29, 1.82) is 5.26 Å². The van der Waals surface area contributed by atoms with Crippen molar-refractivity contribution in [2.75, 3.05) is 0 Å². The molecule has 0 fully saturated rings. The largest absolute Gasteiger partial charge is 0.509 e. The van der Waals surface area contributed by atoms with E-state index in [2.05, 4.69) is 9.97 Å². The number of hydrogen-bond acceptors (Lipinski definition) is 3. The number of imidazole rings is 1. The normalized spacial score (nSPS) is 14.2. The Bertz CT molecular complexity index is 589. The Hall–Kier alpha value is -1.99. The molecule has 1 aromatic heterocycles. The van der Waals surface area contributed by atoms with Gasteiger partial charge in [-0.1, -0.05) is 12.1 Å². The van der Waals surface area contributed by atoms with Gasteiger partial charge in [0.05, 0.1) is 16.4 Å². The number of rotatable bonds is 2. The van der Waals surface area contributed by atoms with Gasteiger partial charge in [0, 0.05) is 0 Å². The summed E-state index contributed by atoms with van der Waals surface area (Å²) in [6.45, 7) is 1.59. The number of nitriles is 1. The first-order valence-electron chi connectivity index (χ1n) is 5.06. The van der Waals surface area contributed by atoms with Crippen LogP contribution in [-0.4, -0.2) is 20.5 Å². The van der Waals surface area contributed by atoms with E-state index >= 15 is 0 Å². The van der Waals surface area contributed by atoms with E-state index in [4.69, 9.17) is 16.9 Å². The van der Waals surface area contributed by atoms with Crippen molar-refractivity contribution in [3.05, 3.63) is 35.8 Å². The summed E-state index contributed by atoms with van der Waals surface area (Å²) in [5.41, 5.74) is 1.62. The first kappa shape index (κ1) is 11.5. The molecule has 17 heavy (non-hydrogen) atoms. The Morgan fingerprint density at radius 1 is 1.53 bits per heavy atom. The first-order chi connectivity index (χ1) is 8.13. The number of allylic oxidation sites excluding steroid dienone is 2. The van der Waals surface area contributed by atoms with E-state index in [1.807, 2.05) is 30.3 Å². The second-order valence-electron chi connectivity index (χ2n) is 3.59. The van der Waals surface area contributed by atoms with Crippen molar-refractivity contribution in [3.8, 4) is 6.07 Å². The van der Waals surface area contributed by atoms with Crippen molar-refractivity contribution in [2.45, 2.75) is 12.3 Å². The molecule has 0 saturated carbocycles. The quantitative estimate of drug-likeness (QED) is 0.487. The second kappa shape index (κ2) is 4.48. The van der Waals surface area contributed by atoms with E-state index < -0.39 is 5.38 Å². The molecule has 1 atom stereocenters. The number of nitrogens with one attached hydrogen (secondary N) is 1. The highest BCUT2D eigenvalue weighted by Crippen LogP contribution is 2.21. The lowest BCUT2D eigenvalue weighted by molar-refractivity contribution is 0.400. The minimum atomic E-state index is -0.627. The Labute approximate surface area is 103 Å². The second-order valence-corrected chi connectivity index (χ2v) is 4.25. The maximum atomic E-state index is 9.73. The number of benzene rings is 1. The SMILES string of the molecule is CC(Cl)/C(O)=C(\C#N)c1nc2ccccc2[nH]1. The lowest BCUT2D eigenvalue weighted by Crippen LogP contribution is -2.01. The van der Waals surface area contributed by atoms with Crippen LogP contribution in [0.15, 0.2) is 30.0 Å². The van der Waals surface area contributed by atoms with Gasteiger partial charge in [0.15, 0.2) is 5.82 Å². The first-order valence-corrected chi connectivity index (χ1v) is 5.49. The third kappa shape index (κ3) is 2.10. The molecule has 0 aliphatic rings. The zero-order valence-corrected chi connectivity index (χ0v) is 9.86. The number of alkyl halides is 1. The van der Waals surface area contributed by atoms with Crippen LogP contribution >= 0.6 is 11.6 Å². The smallest absolute Gasteiger partial charge is 0.152 e. The average molecular weight is 248 g/mol. The van der Waals surface area contributed by atoms with Crippen LogP contribution in [0.1, 0.15) is 12.7 Å². The number of aliphatic hydroxyl groups excluding tert-OH is 1. The minimum absolute atomic E-state index is 0.0729.